The number of thiocarbonyl (C=S) groups is 1. The molecule has 0 bridgehead atoms. The lowest BCUT2D eigenvalue weighted by Gasteiger charge is -2.23. The van der Waals surface area contributed by atoms with Gasteiger partial charge in [-0.1, -0.05) is 51.8 Å². The van der Waals surface area contributed by atoms with E-state index >= 15 is 0 Å². The van der Waals surface area contributed by atoms with E-state index in [1.54, 1.807) is 11.3 Å². The number of thiophene rings is 1. The Labute approximate surface area is 189 Å². The first kappa shape index (κ1) is 22.8. The van der Waals surface area contributed by atoms with Crippen molar-refractivity contribution in [3.63, 3.8) is 0 Å². The molecule has 0 saturated carbocycles. The summed E-state index contributed by atoms with van der Waals surface area (Å²) in [6, 6.07) is 8.20. The number of carbonyl (C=O) groups excluding carboxylic acids is 1. The first-order chi connectivity index (χ1) is 14.3. The van der Waals surface area contributed by atoms with Crippen molar-refractivity contribution in [2.24, 2.45) is 0 Å². The van der Waals surface area contributed by atoms with Crippen LogP contribution >= 0.6 is 23.6 Å². The highest BCUT2D eigenvalue weighted by molar-refractivity contribution is 7.80. The van der Waals surface area contributed by atoms with E-state index in [2.05, 4.69) is 37.5 Å². The highest BCUT2D eigenvalue weighted by Crippen LogP contribution is 2.38. The highest BCUT2D eigenvalue weighted by Gasteiger charge is 2.26. The number of fused-ring (bicyclic) bond motifs is 1. The van der Waals surface area contributed by atoms with Gasteiger partial charge in [0.25, 0.3) is 0 Å². The van der Waals surface area contributed by atoms with Crippen LogP contribution in [0.3, 0.4) is 0 Å². The Morgan fingerprint density at radius 2 is 1.80 bits per heavy atom. The largest absolute Gasteiger partial charge is 0.462 e. The van der Waals surface area contributed by atoms with E-state index in [1.165, 1.54) is 23.3 Å². The number of carbonyl (C=O) groups is 1. The van der Waals surface area contributed by atoms with Crippen LogP contribution in [0.1, 0.15) is 79.7 Å². The van der Waals surface area contributed by atoms with Crippen LogP contribution in [0.5, 0.6) is 0 Å². The number of hydrogen-bond acceptors (Lipinski definition) is 4. The zero-order chi connectivity index (χ0) is 21.7. The van der Waals surface area contributed by atoms with Gasteiger partial charge >= 0.3 is 5.97 Å². The zero-order valence-corrected chi connectivity index (χ0v) is 20.0. The number of hydrogen-bond donors (Lipinski definition) is 2. The predicted molar refractivity (Wildman–Crippen MR) is 131 cm³/mol. The third-order valence-corrected chi connectivity index (χ3v) is 6.77. The predicted octanol–water partition coefficient (Wildman–Crippen LogP) is 6.69. The van der Waals surface area contributed by atoms with Crippen LogP contribution < -0.4 is 10.6 Å². The van der Waals surface area contributed by atoms with Crippen LogP contribution in [0.2, 0.25) is 0 Å². The Hall–Kier alpha value is -1.92. The van der Waals surface area contributed by atoms with E-state index in [0.717, 1.165) is 41.9 Å². The van der Waals surface area contributed by atoms with Crippen molar-refractivity contribution in [2.75, 3.05) is 17.2 Å². The minimum absolute atomic E-state index is 0.00613. The van der Waals surface area contributed by atoms with Gasteiger partial charge in [-0.3, -0.25) is 0 Å². The van der Waals surface area contributed by atoms with E-state index < -0.39 is 0 Å². The number of nitrogens with one attached hydrogen (secondary N) is 2. The van der Waals surface area contributed by atoms with E-state index in [-0.39, 0.29) is 11.4 Å². The van der Waals surface area contributed by atoms with Gasteiger partial charge in [0.1, 0.15) is 5.00 Å². The summed E-state index contributed by atoms with van der Waals surface area (Å²) in [7, 11) is 0. The molecule has 0 atom stereocenters. The maximum atomic E-state index is 12.8. The van der Waals surface area contributed by atoms with Gasteiger partial charge in [-0.15, -0.1) is 11.3 Å². The van der Waals surface area contributed by atoms with Crippen molar-refractivity contribution in [1.82, 2.24) is 0 Å². The minimum atomic E-state index is -0.254. The van der Waals surface area contributed by atoms with Gasteiger partial charge in [0.2, 0.25) is 0 Å². The normalized spacial score (nSPS) is 14.3. The Morgan fingerprint density at radius 1 is 1.10 bits per heavy atom. The standard InChI is InChI=1S/C24H32N2O2S2/c1-5-28-22(27)20-16-12-8-6-7-9-15-19(16)30-21(20)26-23(29)25-18-14-11-10-13-17(18)24(2,3)4/h10-11,13-14H,5-9,12,15H2,1-4H3,(H2,25,26,29). The molecule has 1 aromatic carbocycles. The summed E-state index contributed by atoms with van der Waals surface area (Å²) >= 11 is 7.29. The van der Waals surface area contributed by atoms with Gasteiger partial charge in [-0.25, -0.2) is 4.79 Å². The number of para-hydroxylation sites is 1. The summed E-state index contributed by atoms with van der Waals surface area (Å²) in [4.78, 5) is 14.1. The fourth-order valence-corrected chi connectivity index (χ4v) is 5.49. The summed E-state index contributed by atoms with van der Waals surface area (Å²) in [5, 5.41) is 7.95. The number of aryl methyl sites for hydroxylation is 1. The van der Waals surface area contributed by atoms with Gasteiger partial charge < -0.3 is 15.4 Å². The van der Waals surface area contributed by atoms with E-state index in [0.29, 0.717) is 17.3 Å². The lowest BCUT2D eigenvalue weighted by atomic mass is 9.86. The molecule has 162 valence electrons. The lowest BCUT2D eigenvalue weighted by Crippen LogP contribution is -2.23. The smallest absolute Gasteiger partial charge is 0.341 e. The monoisotopic (exact) mass is 444 g/mol. The molecule has 0 fully saturated rings. The van der Waals surface area contributed by atoms with E-state index in [9.17, 15) is 4.79 Å². The Bertz CT molecular complexity index is 912. The van der Waals surface area contributed by atoms with Gasteiger partial charge in [0.15, 0.2) is 5.11 Å². The Morgan fingerprint density at radius 3 is 2.50 bits per heavy atom. The van der Waals surface area contributed by atoms with E-state index in [1.807, 2.05) is 25.1 Å². The second-order valence-corrected chi connectivity index (χ2v) is 10.2. The van der Waals surface area contributed by atoms with Crippen molar-refractivity contribution in [3.05, 3.63) is 45.8 Å². The molecule has 30 heavy (non-hydrogen) atoms. The first-order valence-electron chi connectivity index (χ1n) is 10.8. The SMILES string of the molecule is CCOC(=O)c1c(NC(=S)Nc2ccccc2C(C)(C)C)sc2c1CCCCCC2. The molecule has 0 unspecified atom stereocenters. The van der Waals surface area contributed by atoms with Gasteiger partial charge in [-0.2, -0.15) is 0 Å². The molecule has 0 amide bonds. The van der Waals surface area contributed by atoms with Crippen LogP contribution in [-0.2, 0) is 23.0 Å². The molecule has 1 heterocycles. The number of benzene rings is 1. The van der Waals surface area contributed by atoms with Crippen molar-refractivity contribution >= 4 is 45.3 Å². The third kappa shape index (κ3) is 5.41. The minimum Gasteiger partial charge on any atom is -0.462 e. The van der Waals surface area contributed by atoms with Crippen LogP contribution in [0.25, 0.3) is 0 Å². The summed E-state index contributed by atoms with van der Waals surface area (Å²) in [6.45, 7) is 8.76. The quantitative estimate of drug-likeness (QED) is 0.406. The summed E-state index contributed by atoms with van der Waals surface area (Å²) < 4.78 is 5.39. The van der Waals surface area contributed by atoms with Crippen LogP contribution in [-0.4, -0.2) is 17.7 Å². The maximum Gasteiger partial charge on any atom is 0.341 e. The second-order valence-electron chi connectivity index (χ2n) is 8.72. The summed E-state index contributed by atoms with van der Waals surface area (Å²) in [5.74, 6) is -0.254. The Balaban J connectivity index is 1.88. The van der Waals surface area contributed by atoms with Crippen LogP contribution in [0.15, 0.2) is 24.3 Å². The number of anilines is 2. The molecule has 0 spiro atoms. The van der Waals surface area contributed by atoms with Crippen LogP contribution in [0.4, 0.5) is 10.7 Å². The van der Waals surface area contributed by atoms with Crippen molar-refractivity contribution in [2.45, 2.75) is 71.6 Å². The maximum absolute atomic E-state index is 12.8. The molecule has 1 aliphatic rings. The molecule has 3 rings (SSSR count). The molecule has 4 nitrogen and oxygen atoms in total. The lowest BCUT2D eigenvalue weighted by molar-refractivity contribution is 0.0526. The molecule has 0 aliphatic heterocycles. The van der Waals surface area contributed by atoms with E-state index in [4.69, 9.17) is 17.0 Å². The third-order valence-electron chi connectivity index (χ3n) is 5.36. The highest BCUT2D eigenvalue weighted by atomic mass is 32.1. The fraction of sp³-hybridized carbons (Fsp3) is 0.500. The molecule has 0 saturated heterocycles. The number of rotatable bonds is 4. The van der Waals surface area contributed by atoms with Gasteiger partial charge in [0.05, 0.1) is 12.2 Å². The topological polar surface area (TPSA) is 50.4 Å². The molecule has 2 aromatic rings. The molecule has 1 aliphatic carbocycles. The first-order valence-corrected chi connectivity index (χ1v) is 12.0. The van der Waals surface area contributed by atoms with Gasteiger partial charge in [-0.05, 0) is 67.4 Å². The summed E-state index contributed by atoms with van der Waals surface area (Å²) in [5.41, 5.74) is 3.99. The summed E-state index contributed by atoms with van der Waals surface area (Å²) in [6.07, 6.45) is 6.67. The fourth-order valence-electron chi connectivity index (χ4n) is 3.93. The molecule has 2 N–H and O–H groups in total. The van der Waals surface area contributed by atoms with Crippen LogP contribution in [0, 0.1) is 0 Å². The molecule has 6 heteroatoms. The number of ether oxygens (including phenoxy) is 1. The molecular formula is C24H32N2O2S2. The molecule has 0 radical (unpaired) electrons. The zero-order valence-electron chi connectivity index (χ0n) is 18.4. The number of esters is 1. The average molecular weight is 445 g/mol. The van der Waals surface area contributed by atoms with Crippen molar-refractivity contribution in [3.8, 4) is 0 Å². The molecule has 1 aromatic heterocycles. The van der Waals surface area contributed by atoms with Crippen molar-refractivity contribution in [1.29, 1.82) is 0 Å². The molecular weight excluding hydrogens is 412 g/mol. The Kier molecular flexibility index (Phi) is 7.53. The average Bonchev–Trinajstić information content (AvgIpc) is 2.97. The van der Waals surface area contributed by atoms with Gasteiger partial charge in [0, 0.05) is 10.6 Å². The second kappa shape index (κ2) is 9.92. The van der Waals surface area contributed by atoms with Crippen molar-refractivity contribution < 1.29 is 9.53 Å².